The van der Waals surface area contributed by atoms with Crippen LogP contribution in [0.5, 0.6) is 0 Å². The first-order valence-corrected chi connectivity index (χ1v) is 5.67. The van der Waals surface area contributed by atoms with Gasteiger partial charge in [-0.2, -0.15) is 5.10 Å². The molecule has 0 saturated heterocycles. The Morgan fingerprint density at radius 2 is 2.19 bits per heavy atom. The minimum atomic E-state index is -0.357. The van der Waals surface area contributed by atoms with Crippen LogP contribution < -0.4 is 5.73 Å². The molecule has 88 valence electrons. The highest BCUT2D eigenvalue weighted by atomic mass is 16.5. The number of nitrogens with two attached hydrogens (primary N) is 1. The molecular formula is C11H17N3O2. The lowest BCUT2D eigenvalue weighted by Crippen LogP contribution is -2.23. The van der Waals surface area contributed by atoms with E-state index in [4.69, 9.17) is 10.5 Å². The number of carbonyl (C=O) groups is 1. The molecule has 0 aromatic carbocycles. The number of carbonyl (C=O) groups excluding carboxylic acids is 1. The summed E-state index contributed by atoms with van der Waals surface area (Å²) in [7, 11) is 1.69. The van der Waals surface area contributed by atoms with Gasteiger partial charge < -0.3 is 10.5 Å². The standard InChI is InChI=1S/C11H17N3O2/c1-14-10(9(12)7-13-14)11(15)16-8-5-3-2-4-6-8/h7-8H,2-6,12H2,1H3. The van der Waals surface area contributed by atoms with Crippen LogP contribution in [-0.4, -0.2) is 21.9 Å². The van der Waals surface area contributed by atoms with Crippen molar-refractivity contribution in [3.8, 4) is 0 Å². The highest BCUT2D eigenvalue weighted by Crippen LogP contribution is 2.22. The second-order valence-corrected chi connectivity index (χ2v) is 4.24. The van der Waals surface area contributed by atoms with E-state index in [2.05, 4.69) is 5.10 Å². The summed E-state index contributed by atoms with van der Waals surface area (Å²) in [6, 6.07) is 0. The predicted octanol–water partition coefficient (Wildman–Crippen LogP) is 1.49. The summed E-state index contributed by atoms with van der Waals surface area (Å²) < 4.78 is 6.88. The maximum atomic E-state index is 11.9. The van der Waals surface area contributed by atoms with E-state index < -0.39 is 0 Å². The number of hydrogen-bond acceptors (Lipinski definition) is 4. The molecule has 5 heteroatoms. The molecule has 2 rings (SSSR count). The Labute approximate surface area is 94.6 Å². The highest BCUT2D eigenvalue weighted by molar-refractivity contribution is 5.93. The minimum absolute atomic E-state index is 0.0514. The van der Waals surface area contributed by atoms with Gasteiger partial charge >= 0.3 is 5.97 Å². The fourth-order valence-corrected chi connectivity index (χ4v) is 2.09. The number of rotatable bonds is 2. The van der Waals surface area contributed by atoms with Crippen LogP contribution in [0.3, 0.4) is 0 Å². The maximum Gasteiger partial charge on any atom is 0.359 e. The summed E-state index contributed by atoms with van der Waals surface area (Å²) >= 11 is 0. The maximum absolute atomic E-state index is 11.9. The third-order valence-corrected chi connectivity index (χ3v) is 2.99. The van der Waals surface area contributed by atoms with Crippen LogP contribution in [0.2, 0.25) is 0 Å². The van der Waals surface area contributed by atoms with E-state index in [1.165, 1.54) is 17.3 Å². The molecule has 0 radical (unpaired) electrons. The van der Waals surface area contributed by atoms with Crippen molar-refractivity contribution in [1.29, 1.82) is 0 Å². The molecule has 0 aliphatic heterocycles. The van der Waals surface area contributed by atoms with E-state index in [1.54, 1.807) is 7.05 Å². The molecule has 2 N–H and O–H groups in total. The molecule has 0 spiro atoms. The van der Waals surface area contributed by atoms with Gasteiger partial charge in [-0.25, -0.2) is 4.79 Å². The topological polar surface area (TPSA) is 70.1 Å². The number of nitrogens with zero attached hydrogens (tertiary/aromatic N) is 2. The lowest BCUT2D eigenvalue weighted by molar-refractivity contribution is 0.0200. The van der Waals surface area contributed by atoms with Gasteiger partial charge in [0.15, 0.2) is 5.69 Å². The third kappa shape index (κ3) is 2.18. The van der Waals surface area contributed by atoms with Gasteiger partial charge in [0.1, 0.15) is 6.10 Å². The Kier molecular flexibility index (Phi) is 3.12. The van der Waals surface area contributed by atoms with E-state index in [-0.39, 0.29) is 12.1 Å². The number of aryl methyl sites for hydroxylation is 1. The van der Waals surface area contributed by atoms with Gasteiger partial charge in [0.25, 0.3) is 0 Å². The third-order valence-electron chi connectivity index (χ3n) is 2.99. The van der Waals surface area contributed by atoms with Gasteiger partial charge in [0.05, 0.1) is 11.9 Å². The van der Waals surface area contributed by atoms with Gasteiger partial charge in [-0.05, 0) is 25.7 Å². The summed E-state index contributed by atoms with van der Waals surface area (Å²) in [5.74, 6) is -0.357. The molecular weight excluding hydrogens is 206 g/mol. The fraction of sp³-hybridized carbons (Fsp3) is 0.636. The summed E-state index contributed by atoms with van der Waals surface area (Å²) in [6.07, 6.45) is 6.96. The van der Waals surface area contributed by atoms with Gasteiger partial charge in [0.2, 0.25) is 0 Å². The molecule has 0 unspecified atom stereocenters. The quantitative estimate of drug-likeness (QED) is 0.771. The number of ether oxygens (including phenoxy) is 1. The van der Waals surface area contributed by atoms with Crippen molar-refractivity contribution < 1.29 is 9.53 Å². The Morgan fingerprint density at radius 1 is 1.50 bits per heavy atom. The number of hydrogen-bond donors (Lipinski definition) is 1. The van der Waals surface area contributed by atoms with Crippen molar-refractivity contribution in [2.24, 2.45) is 7.05 Å². The van der Waals surface area contributed by atoms with E-state index in [0.29, 0.717) is 11.4 Å². The van der Waals surface area contributed by atoms with Crippen LogP contribution in [0, 0.1) is 0 Å². The minimum Gasteiger partial charge on any atom is -0.458 e. The average Bonchev–Trinajstić information content (AvgIpc) is 2.60. The highest BCUT2D eigenvalue weighted by Gasteiger charge is 2.22. The molecule has 1 aliphatic carbocycles. The second kappa shape index (κ2) is 4.55. The van der Waals surface area contributed by atoms with Crippen molar-refractivity contribution in [2.75, 3.05) is 5.73 Å². The monoisotopic (exact) mass is 223 g/mol. The van der Waals surface area contributed by atoms with E-state index >= 15 is 0 Å². The molecule has 1 heterocycles. The smallest absolute Gasteiger partial charge is 0.359 e. The first-order valence-electron chi connectivity index (χ1n) is 5.67. The van der Waals surface area contributed by atoms with Crippen LogP contribution in [0.15, 0.2) is 6.20 Å². The number of anilines is 1. The molecule has 1 fully saturated rings. The molecule has 1 saturated carbocycles. The SMILES string of the molecule is Cn1ncc(N)c1C(=O)OC1CCCCC1. The summed E-state index contributed by atoms with van der Waals surface area (Å²) in [4.78, 5) is 11.9. The van der Waals surface area contributed by atoms with Crippen LogP contribution >= 0.6 is 0 Å². The van der Waals surface area contributed by atoms with Gasteiger partial charge in [-0.3, -0.25) is 4.68 Å². The molecule has 1 aromatic rings. The Morgan fingerprint density at radius 3 is 2.75 bits per heavy atom. The molecule has 0 atom stereocenters. The largest absolute Gasteiger partial charge is 0.458 e. The first kappa shape index (κ1) is 11.0. The molecule has 0 amide bonds. The van der Waals surface area contributed by atoms with E-state index in [9.17, 15) is 4.79 Å². The lowest BCUT2D eigenvalue weighted by Gasteiger charge is -2.21. The van der Waals surface area contributed by atoms with E-state index in [0.717, 1.165) is 25.7 Å². The summed E-state index contributed by atoms with van der Waals surface area (Å²) in [5.41, 5.74) is 6.39. The van der Waals surface area contributed by atoms with Crippen LogP contribution in [0.1, 0.15) is 42.6 Å². The fourth-order valence-electron chi connectivity index (χ4n) is 2.09. The van der Waals surface area contributed by atoms with Crippen LogP contribution in [0.4, 0.5) is 5.69 Å². The molecule has 1 aromatic heterocycles. The lowest BCUT2D eigenvalue weighted by atomic mass is 9.98. The van der Waals surface area contributed by atoms with Crippen molar-refractivity contribution in [3.05, 3.63) is 11.9 Å². The number of aromatic nitrogens is 2. The van der Waals surface area contributed by atoms with Crippen molar-refractivity contribution in [1.82, 2.24) is 9.78 Å². The van der Waals surface area contributed by atoms with Crippen LogP contribution in [-0.2, 0) is 11.8 Å². The Hall–Kier alpha value is -1.52. The molecule has 16 heavy (non-hydrogen) atoms. The van der Waals surface area contributed by atoms with Gasteiger partial charge in [0, 0.05) is 7.05 Å². The normalized spacial score (nSPS) is 17.3. The zero-order valence-corrected chi connectivity index (χ0v) is 9.48. The predicted molar refractivity (Wildman–Crippen MR) is 59.9 cm³/mol. The number of esters is 1. The molecule has 0 bridgehead atoms. The first-order chi connectivity index (χ1) is 7.68. The van der Waals surface area contributed by atoms with Gasteiger partial charge in [-0.15, -0.1) is 0 Å². The van der Waals surface area contributed by atoms with Crippen LogP contribution in [0.25, 0.3) is 0 Å². The average molecular weight is 223 g/mol. The Bertz CT molecular complexity index is 361. The zero-order chi connectivity index (χ0) is 11.5. The second-order valence-electron chi connectivity index (χ2n) is 4.24. The van der Waals surface area contributed by atoms with Crippen molar-refractivity contribution in [2.45, 2.75) is 38.2 Å². The van der Waals surface area contributed by atoms with E-state index in [1.807, 2.05) is 0 Å². The molecule has 1 aliphatic rings. The van der Waals surface area contributed by atoms with Crippen molar-refractivity contribution >= 4 is 11.7 Å². The summed E-state index contributed by atoms with van der Waals surface area (Å²) in [5, 5.41) is 3.92. The molecule has 5 nitrogen and oxygen atoms in total. The Balaban J connectivity index is 2.02. The number of nitrogen functional groups attached to an aromatic ring is 1. The zero-order valence-electron chi connectivity index (χ0n) is 9.48. The van der Waals surface area contributed by atoms with Crippen molar-refractivity contribution in [3.63, 3.8) is 0 Å². The van der Waals surface area contributed by atoms with Gasteiger partial charge in [-0.1, -0.05) is 6.42 Å². The summed E-state index contributed by atoms with van der Waals surface area (Å²) in [6.45, 7) is 0.